The molecule has 18 heavy (non-hydrogen) atoms. The Morgan fingerprint density at radius 3 is 2.50 bits per heavy atom. The van der Waals surface area contributed by atoms with Gasteiger partial charge in [0.05, 0.1) is 5.56 Å². The summed E-state index contributed by atoms with van der Waals surface area (Å²) >= 11 is 0. The van der Waals surface area contributed by atoms with E-state index in [-0.39, 0.29) is 11.3 Å². The second-order valence-corrected chi connectivity index (χ2v) is 3.23. The first-order valence-electron chi connectivity index (χ1n) is 4.68. The van der Waals surface area contributed by atoms with E-state index in [0.29, 0.717) is 6.08 Å². The van der Waals surface area contributed by atoms with Crippen molar-refractivity contribution in [2.45, 2.75) is 6.18 Å². The summed E-state index contributed by atoms with van der Waals surface area (Å²) in [6.45, 7) is 0. The SMILES string of the molecule is O=C(O)c1cccc(N/C=C\C(=O)C(F)(F)F)c1. The van der Waals surface area contributed by atoms with Gasteiger partial charge in [0.2, 0.25) is 0 Å². The number of anilines is 1. The molecule has 0 unspecified atom stereocenters. The van der Waals surface area contributed by atoms with Crippen molar-refractivity contribution in [3.63, 3.8) is 0 Å². The standard InChI is InChI=1S/C11H8F3NO3/c12-11(13,14)9(16)4-5-15-8-3-1-2-7(6-8)10(17)18/h1-6,15H,(H,17,18)/b5-4-. The number of rotatable bonds is 4. The van der Waals surface area contributed by atoms with Crippen LogP contribution in [-0.2, 0) is 4.79 Å². The highest BCUT2D eigenvalue weighted by Gasteiger charge is 2.35. The lowest BCUT2D eigenvalue weighted by molar-refractivity contribution is -0.165. The molecule has 1 aromatic rings. The molecule has 1 aromatic carbocycles. The van der Waals surface area contributed by atoms with Gasteiger partial charge in [-0.25, -0.2) is 4.79 Å². The summed E-state index contributed by atoms with van der Waals surface area (Å²) in [5, 5.41) is 11.1. The first-order valence-corrected chi connectivity index (χ1v) is 4.68. The summed E-state index contributed by atoms with van der Waals surface area (Å²) in [4.78, 5) is 21.1. The number of allylic oxidation sites excluding steroid dienone is 1. The number of carbonyl (C=O) groups excluding carboxylic acids is 1. The summed E-state index contributed by atoms with van der Waals surface area (Å²) in [5.74, 6) is -3.15. The molecule has 0 spiro atoms. The summed E-state index contributed by atoms with van der Waals surface area (Å²) < 4.78 is 35.5. The third-order valence-electron chi connectivity index (χ3n) is 1.87. The lowest BCUT2D eigenvalue weighted by Gasteiger charge is -2.02. The second-order valence-electron chi connectivity index (χ2n) is 3.23. The number of halogens is 3. The number of hydrogen-bond donors (Lipinski definition) is 2. The molecule has 1 rings (SSSR count). The number of carboxylic acids is 1. The Morgan fingerprint density at radius 2 is 1.94 bits per heavy atom. The molecular formula is C11H8F3NO3. The van der Waals surface area contributed by atoms with E-state index in [9.17, 15) is 22.8 Å². The fraction of sp³-hybridized carbons (Fsp3) is 0.0909. The Morgan fingerprint density at radius 1 is 1.28 bits per heavy atom. The number of hydrogen-bond acceptors (Lipinski definition) is 3. The number of aromatic carboxylic acids is 1. The number of alkyl halides is 3. The molecule has 0 aliphatic carbocycles. The Bertz CT molecular complexity index is 495. The molecule has 0 saturated carbocycles. The van der Waals surface area contributed by atoms with Gasteiger partial charge in [-0.1, -0.05) is 6.07 Å². The molecule has 7 heteroatoms. The Labute approximate surface area is 99.7 Å². The Kier molecular flexibility index (Phi) is 4.09. The fourth-order valence-electron chi connectivity index (χ4n) is 1.05. The average Bonchev–Trinajstić information content (AvgIpc) is 2.28. The highest BCUT2D eigenvalue weighted by Crippen LogP contribution is 2.16. The normalized spacial score (nSPS) is 11.5. The molecule has 4 nitrogen and oxygen atoms in total. The van der Waals surface area contributed by atoms with E-state index in [2.05, 4.69) is 5.32 Å². The van der Waals surface area contributed by atoms with Gasteiger partial charge in [-0.15, -0.1) is 0 Å². The molecule has 0 fully saturated rings. The lowest BCUT2D eigenvalue weighted by atomic mass is 10.2. The number of carboxylic acid groups (broad SMARTS) is 1. The van der Waals surface area contributed by atoms with Crippen LogP contribution in [0.2, 0.25) is 0 Å². The predicted octanol–water partition coefficient (Wildman–Crippen LogP) is 2.44. The second kappa shape index (κ2) is 5.35. The maximum absolute atomic E-state index is 11.8. The van der Waals surface area contributed by atoms with Crippen LogP contribution >= 0.6 is 0 Å². The number of carbonyl (C=O) groups is 2. The molecule has 2 N–H and O–H groups in total. The predicted molar refractivity (Wildman–Crippen MR) is 57.2 cm³/mol. The monoisotopic (exact) mass is 259 g/mol. The fourth-order valence-corrected chi connectivity index (χ4v) is 1.05. The molecule has 0 heterocycles. The lowest BCUT2D eigenvalue weighted by Crippen LogP contribution is -2.20. The third-order valence-corrected chi connectivity index (χ3v) is 1.87. The van der Waals surface area contributed by atoms with Crippen molar-refractivity contribution in [1.82, 2.24) is 0 Å². The van der Waals surface area contributed by atoms with Crippen molar-refractivity contribution >= 4 is 17.4 Å². The zero-order valence-electron chi connectivity index (χ0n) is 8.86. The van der Waals surface area contributed by atoms with E-state index in [1.165, 1.54) is 24.3 Å². The van der Waals surface area contributed by atoms with Crippen molar-refractivity contribution in [3.05, 3.63) is 42.1 Å². The van der Waals surface area contributed by atoms with E-state index in [1.54, 1.807) is 0 Å². The minimum atomic E-state index is -4.92. The van der Waals surface area contributed by atoms with Crippen LogP contribution in [0.4, 0.5) is 18.9 Å². The summed E-state index contributed by atoms with van der Waals surface area (Å²) in [6, 6.07) is 5.43. The van der Waals surface area contributed by atoms with Gasteiger partial charge in [0.1, 0.15) is 0 Å². The van der Waals surface area contributed by atoms with Crippen molar-refractivity contribution in [3.8, 4) is 0 Å². The minimum Gasteiger partial charge on any atom is -0.478 e. The molecule has 0 saturated heterocycles. The van der Waals surface area contributed by atoms with Crippen LogP contribution < -0.4 is 5.32 Å². The van der Waals surface area contributed by atoms with Gasteiger partial charge in [-0.2, -0.15) is 13.2 Å². The van der Waals surface area contributed by atoms with Crippen molar-refractivity contribution in [2.24, 2.45) is 0 Å². The van der Waals surface area contributed by atoms with Gasteiger partial charge in [0.15, 0.2) is 0 Å². The molecule has 0 atom stereocenters. The van der Waals surface area contributed by atoms with Crippen molar-refractivity contribution < 1.29 is 27.9 Å². The van der Waals surface area contributed by atoms with Crippen LogP contribution in [0.15, 0.2) is 36.5 Å². The molecule has 0 amide bonds. The third kappa shape index (κ3) is 3.93. The van der Waals surface area contributed by atoms with Crippen LogP contribution in [0, 0.1) is 0 Å². The number of ketones is 1. The van der Waals surface area contributed by atoms with Crippen LogP contribution in [0.1, 0.15) is 10.4 Å². The van der Waals surface area contributed by atoms with Crippen LogP contribution in [0.25, 0.3) is 0 Å². The topological polar surface area (TPSA) is 66.4 Å². The van der Waals surface area contributed by atoms with E-state index in [4.69, 9.17) is 5.11 Å². The molecule has 0 radical (unpaired) electrons. The van der Waals surface area contributed by atoms with Gasteiger partial charge >= 0.3 is 12.1 Å². The minimum absolute atomic E-state index is 0.0180. The van der Waals surface area contributed by atoms with Gasteiger partial charge < -0.3 is 10.4 Å². The molecule has 96 valence electrons. The Balaban J connectivity index is 2.70. The molecule has 0 bridgehead atoms. The zero-order chi connectivity index (χ0) is 13.8. The van der Waals surface area contributed by atoms with Gasteiger partial charge in [0, 0.05) is 18.0 Å². The summed E-state index contributed by atoms with van der Waals surface area (Å²) in [7, 11) is 0. The van der Waals surface area contributed by atoms with Crippen LogP contribution in [0.3, 0.4) is 0 Å². The first-order chi connectivity index (χ1) is 8.30. The Hall–Kier alpha value is -2.31. The van der Waals surface area contributed by atoms with Crippen LogP contribution in [0.5, 0.6) is 0 Å². The zero-order valence-corrected chi connectivity index (χ0v) is 8.86. The molecule has 0 aliphatic rings. The van der Waals surface area contributed by atoms with E-state index < -0.39 is 17.9 Å². The number of benzene rings is 1. The quantitative estimate of drug-likeness (QED) is 0.815. The van der Waals surface area contributed by atoms with E-state index in [0.717, 1.165) is 6.20 Å². The molecule has 0 aliphatic heterocycles. The molecular weight excluding hydrogens is 251 g/mol. The van der Waals surface area contributed by atoms with E-state index in [1.807, 2.05) is 0 Å². The maximum atomic E-state index is 11.8. The maximum Gasteiger partial charge on any atom is 0.454 e. The van der Waals surface area contributed by atoms with Crippen molar-refractivity contribution in [2.75, 3.05) is 5.32 Å². The summed E-state index contributed by atoms with van der Waals surface area (Å²) in [6.07, 6.45) is -3.79. The first kappa shape index (κ1) is 13.8. The highest BCUT2D eigenvalue weighted by molar-refractivity contribution is 5.94. The van der Waals surface area contributed by atoms with Gasteiger partial charge in [0.25, 0.3) is 5.78 Å². The smallest absolute Gasteiger partial charge is 0.454 e. The van der Waals surface area contributed by atoms with Crippen LogP contribution in [-0.4, -0.2) is 23.0 Å². The van der Waals surface area contributed by atoms with Gasteiger partial charge in [-0.3, -0.25) is 4.79 Å². The van der Waals surface area contributed by atoms with Gasteiger partial charge in [-0.05, 0) is 18.2 Å². The number of nitrogens with one attached hydrogen (secondary N) is 1. The largest absolute Gasteiger partial charge is 0.478 e. The van der Waals surface area contributed by atoms with E-state index >= 15 is 0 Å². The van der Waals surface area contributed by atoms with Crippen molar-refractivity contribution in [1.29, 1.82) is 0 Å². The highest BCUT2D eigenvalue weighted by atomic mass is 19.4. The molecule has 0 aromatic heterocycles. The summed E-state index contributed by atoms with van der Waals surface area (Å²) in [5.41, 5.74) is 0.247. The average molecular weight is 259 g/mol.